The number of methoxy groups -OCH3 is 1. The zero-order valence-corrected chi connectivity index (χ0v) is 11.5. The molecule has 0 saturated heterocycles. The number of carbonyl (C=O) groups is 1. The van der Waals surface area contributed by atoms with Gasteiger partial charge in [-0.2, -0.15) is 0 Å². The molecule has 0 aromatic heterocycles. The van der Waals surface area contributed by atoms with Gasteiger partial charge in [-0.15, -0.1) is 0 Å². The van der Waals surface area contributed by atoms with E-state index in [-0.39, 0.29) is 6.79 Å². The fraction of sp³-hybridized carbons (Fsp3) is 0.188. The molecule has 0 atom stereocenters. The van der Waals surface area contributed by atoms with E-state index in [1.54, 1.807) is 43.5 Å². The summed E-state index contributed by atoms with van der Waals surface area (Å²) in [7, 11) is 1.61. The Kier molecular flexibility index (Phi) is 3.75. The number of hydrogen-bond acceptors (Lipinski definition) is 5. The van der Waals surface area contributed by atoms with Crippen LogP contribution >= 0.6 is 0 Å². The second-order valence-corrected chi connectivity index (χ2v) is 4.54. The third-order valence-electron chi connectivity index (χ3n) is 3.03. The molecule has 0 unspecified atom stereocenters. The van der Waals surface area contributed by atoms with E-state index in [4.69, 9.17) is 18.9 Å². The van der Waals surface area contributed by atoms with Crippen molar-refractivity contribution in [1.82, 2.24) is 0 Å². The topological polar surface area (TPSA) is 54.0 Å². The Labute approximate surface area is 122 Å². The number of hydrogen-bond donors (Lipinski definition) is 0. The van der Waals surface area contributed by atoms with Gasteiger partial charge in [0, 0.05) is 13.2 Å². The highest BCUT2D eigenvalue weighted by molar-refractivity contribution is 5.91. The van der Waals surface area contributed by atoms with Gasteiger partial charge in [0.15, 0.2) is 11.5 Å². The molecule has 0 radical (unpaired) electrons. The Morgan fingerprint density at radius 2 is 2.00 bits per heavy atom. The van der Waals surface area contributed by atoms with E-state index in [2.05, 4.69) is 0 Å². The van der Waals surface area contributed by atoms with Crippen LogP contribution in [0.4, 0.5) is 0 Å². The van der Waals surface area contributed by atoms with E-state index < -0.39 is 5.97 Å². The van der Waals surface area contributed by atoms with Gasteiger partial charge < -0.3 is 18.9 Å². The molecule has 0 N–H and O–H groups in total. The maximum Gasteiger partial charge on any atom is 0.343 e. The van der Waals surface area contributed by atoms with Gasteiger partial charge in [0.05, 0.1) is 12.2 Å². The van der Waals surface area contributed by atoms with Crippen molar-refractivity contribution in [1.29, 1.82) is 0 Å². The molecule has 1 heterocycles. The van der Waals surface area contributed by atoms with Crippen LogP contribution in [-0.4, -0.2) is 19.9 Å². The highest BCUT2D eigenvalue weighted by Crippen LogP contribution is 2.35. The minimum absolute atomic E-state index is 0.186. The molecular formula is C16H14O5. The molecule has 0 saturated carbocycles. The fourth-order valence-corrected chi connectivity index (χ4v) is 2.06. The lowest BCUT2D eigenvalue weighted by molar-refractivity contribution is 0.0734. The smallest absolute Gasteiger partial charge is 0.343 e. The van der Waals surface area contributed by atoms with Crippen molar-refractivity contribution < 1.29 is 23.7 Å². The predicted octanol–water partition coefficient (Wildman–Crippen LogP) is 2.78. The molecule has 1 aliphatic heterocycles. The van der Waals surface area contributed by atoms with Gasteiger partial charge in [-0.25, -0.2) is 4.79 Å². The van der Waals surface area contributed by atoms with Crippen molar-refractivity contribution >= 4 is 5.97 Å². The number of benzene rings is 2. The Morgan fingerprint density at radius 1 is 1.14 bits per heavy atom. The van der Waals surface area contributed by atoms with E-state index in [9.17, 15) is 4.79 Å². The molecule has 1 aliphatic rings. The van der Waals surface area contributed by atoms with Gasteiger partial charge >= 0.3 is 5.97 Å². The molecule has 108 valence electrons. The first kappa shape index (κ1) is 13.5. The maximum absolute atomic E-state index is 12.1. The molecule has 5 heteroatoms. The minimum atomic E-state index is -0.424. The van der Waals surface area contributed by atoms with Crippen LogP contribution in [-0.2, 0) is 11.3 Å². The van der Waals surface area contributed by atoms with Crippen LogP contribution in [0.15, 0.2) is 42.5 Å². The van der Waals surface area contributed by atoms with Gasteiger partial charge in [-0.05, 0) is 29.8 Å². The van der Waals surface area contributed by atoms with Crippen LogP contribution < -0.4 is 14.2 Å². The SMILES string of the molecule is COCc1cccc(C(=O)Oc2ccc3c(c2)OCO3)c1. The summed E-state index contributed by atoms with van der Waals surface area (Å²) in [5.74, 6) is 1.22. The van der Waals surface area contributed by atoms with Crippen molar-refractivity contribution in [2.24, 2.45) is 0 Å². The third kappa shape index (κ3) is 2.98. The normalized spacial score (nSPS) is 12.2. The van der Waals surface area contributed by atoms with E-state index in [1.807, 2.05) is 6.07 Å². The van der Waals surface area contributed by atoms with E-state index >= 15 is 0 Å². The second kappa shape index (κ2) is 5.85. The van der Waals surface area contributed by atoms with Crippen molar-refractivity contribution in [3.8, 4) is 17.2 Å². The zero-order valence-electron chi connectivity index (χ0n) is 11.5. The molecule has 0 spiro atoms. The Balaban J connectivity index is 1.75. The first-order chi connectivity index (χ1) is 10.3. The number of esters is 1. The van der Waals surface area contributed by atoms with Crippen LogP contribution in [0.3, 0.4) is 0 Å². The van der Waals surface area contributed by atoms with Crippen LogP contribution in [0.5, 0.6) is 17.2 Å². The molecule has 2 aromatic carbocycles. The molecule has 0 bridgehead atoms. The van der Waals surface area contributed by atoms with Gasteiger partial charge in [0.2, 0.25) is 6.79 Å². The predicted molar refractivity (Wildman–Crippen MR) is 74.7 cm³/mol. The first-order valence-electron chi connectivity index (χ1n) is 6.46. The average molecular weight is 286 g/mol. The molecule has 0 amide bonds. The van der Waals surface area contributed by atoms with Crippen LogP contribution in [0.25, 0.3) is 0 Å². The molecule has 0 fully saturated rings. The summed E-state index contributed by atoms with van der Waals surface area (Å²) in [5.41, 5.74) is 1.39. The lowest BCUT2D eigenvalue weighted by Crippen LogP contribution is -2.09. The van der Waals surface area contributed by atoms with Crippen LogP contribution in [0.1, 0.15) is 15.9 Å². The zero-order chi connectivity index (χ0) is 14.7. The summed E-state index contributed by atoms with van der Waals surface area (Å²) < 4.78 is 20.8. The molecule has 3 rings (SSSR count). The maximum atomic E-state index is 12.1. The fourth-order valence-electron chi connectivity index (χ4n) is 2.06. The second-order valence-electron chi connectivity index (χ2n) is 4.54. The Morgan fingerprint density at radius 3 is 2.86 bits per heavy atom. The summed E-state index contributed by atoms with van der Waals surface area (Å²) >= 11 is 0. The Bertz CT molecular complexity index is 665. The van der Waals surface area contributed by atoms with Crippen LogP contribution in [0.2, 0.25) is 0 Å². The monoisotopic (exact) mass is 286 g/mol. The highest BCUT2D eigenvalue weighted by Gasteiger charge is 2.16. The van der Waals surface area contributed by atoms with Crippen molar-refractivity contribution in [3.05, 3.63) is 53.6 Å². The van der Waals surface area contributed by atoms with E-state index in [0.717, 1.165) is 5.56 Å². The first-order valence-corrected chi connectivity index (χ1v) is 6.46. The summed E-state index contributed by atoms with van der Waals surface area (Å²) in [6, 6.07) is 12.2. The molecule has 5 nitrogen and oxygen atoms in total. The number of fused-ring (bicyclic) bond motifs is 1. The lowest BCUT2D eigenvalue weighted by atomic mass is 10.1. The van der Waals surface area contributed by atoms with E-state index in [0.29, 0.717) is 29.4 Å². The Hall–Kier alpha value is -2.53. The van der Waals surface area contributed by atoms with E-state index in [1.165, 1.54) is 0 Å². The molecule has 2 aromatic rings. The molecular weight excluding hydrogens is 272 g/mol. The summed E-state index contributed by atoms with van der Waals surface area (Å²) in [4.78, 5) is 12.1. The summed E-state index contributed by atoms with van der Waals surface area (Å²) in [6.45, 7) is 0.636. The van der Waals surface area contributed by atoms with Gasteiger partial charge in [-0.1, -0.05) is 12.1 Å². The third-order valence-corrected chi connectivity index (χ3v) is 3.03. The van der Waals surface area contributed by atoms with Crippen molar-refractivity contribution in [2.75, 3.05) is 13.9 Å². The van der Waals surface area contributed by atoms with Crippen molar-refractivity contribution in [2.45, 2.75) is 6.61 Å². The minimum Gasteiger partial charge on any atom is -0.454 e. The van der Waals surface area contributed by atoms with Gasteiger partial charge in [0.1, 0.15) is 5.75 Å². The van der Waals surface area contributed by atoms with Gasteiger partial charge in [-0.3, -0.25) is 0 Å². The number of ether oxygens (including phenoxy) is 4. The number of carbonyl (C=O) groups excluding carboxylic acids is 1. The summed E-state index contributed by atoms with van der Waals surface area (Å²) in [6.07, 6.45) is 0. The molecule has 0 aliphatic carbocycles. The quantitative estimate of drug-likeness (QED) is 0.639. The lowest BCUT2D eigenvalue weighted by Gasteiger charge is -2.06. The average Bonchev–Trinajstić information content (AvgIpc) is 2.95. The largest absolute Gasteiger partial charge is 0.454 e. The highest BCUT2D eigenvalue weighted by atomic mass is 16.7. The standard InChI is InChI=1S/C16H14O5/c1-18-9-11-3-2-4-12(7-11)16(17)21-13-5-6-14-15(8-13)20-10-19-14/h2-8H,9-10H2,1H3. The van der Waals surface area contributed by atoms with Gasteiger partial charge in [0.25, 0.3) is 0 Å². The number of rotatable bonds is 4. The summed E-state index contributed by atoms with van der Waals surface area (Å²) in [5, 5.41) is 0. The van der Waals surface area contributed by atoms with Crippen molar-refractivity contribution in [3.63, 3.8) is 0 Å². The van der Waals surface area contributed by atoms with Crippen LogP contribution in [0, 0.1) is 0 Å². The molecule has 21 heavy (non-hydrogen) atoms.